The van der Waals surface area contributed by atoms with Gasteiger partial charge in [0, 0.05) is 5.92 Å². The molecular formula is C19H21F3N2OS. The smallest absolute Gasteiger partial charge is 0.310 e. The Labute approximate surface area is 155 Å². The number of halogens is 3. The molecule has 0 aliphatic heterocycles. The molecule has 0 spiro atoms. The SMILES string of the molecule is O=C(CSc1ncc(-c2ccccc2)n1CC(F)(F)F)C1CCCCC1. The van der Waals surface area contributed by atoms with E-state index in [1.807, 2.05) is 6.07 Å². The predicted molar refractivity (Wildman–Crippen MR) is 96.0 cm³/mol. The summed E-state index contributed by atoms with van der Waals surface area (Å²) in [6, 6.07) is 8.88. The number of carbonyl (C=O) groups excluding carboxylic acids is 1. The molecule has 1 aromatic carbocycles. The Balaban J connectivity index is 1.78. The molecule has 1 aliphatic carbocycles. The number of aromatic nitrogens is 2. The summed E-state index contributed by atoms with van der Waals surface area (Å²) in [5, 5.41) is 0.241. The van der Waals surface area contributed by atoms with Crippen LogP contribution < -0.4 is 0 Å². The van der Waals surface area contributed by atoms with Crippen LogP contribution in [0.1, 0.15) is 32.1 Å². The third-order valence-corrected chi connectivity index (χ3v) is 5.64. The molecule has 1 fully saturated rings. The standard InChI is InChI=1S/C19H21F3N2OS/c20-19(21,22)13-24-16(14-7-3-1-4-8-14)11-23-18(24)26-12-17(25)15-9-5-2-6-10-15/h1,3-4,7-8,11,15H,2,5-6,9-10,12-13H2. The first-order chi connectivity index (χ1) is 12.4. The molecule has 1 saturated carbocycles. The van der Waals surface area contributed by atoms with E-state index in [1.54, 1.807) is 24.3 Å². The van der Waals surface area contributed by atoms with E-state index < -0.39 is 12.7 Å². The molecule has 0 saturated heterocycles. The summed E-state index contributed by atoms with van der Waals surface area (Å²) in [5.41, 5.74) is 1.09. The van der Waals surface area contributed by atoms with Crippen LogP contribution in [0.25, 0.3) is 11.3 Å². The van der Waals surface area contributed by atoms with Crippen molar-refractivity contribution in [3.05, 3.63) is 36.5 Å². The van der Waals surface area contributed by atoms with Gasteiger partial charge in [0.25, 0.3) is 0 Å². The van der Waals surface area contributed by atoms with Gasteiger partial charge < -0.3 is 4.57 Å². The monoisotopic (exact) mass is 382 g/mol. The van der Waals surface area contributed by atoms with Gasteiger partial charge >= 0.3 is 6.18 Å². The number of nitrogens with zero attached hydrogens (tertiary/aromatic N) is 2. The third kappa shape index (κ3) is 4.90. The minimum absolute atomic E-state index is 0.0517. The number of hydrogen-bond donors (Lipinski definition) is 0. The van der Waals surface area contributed by atoms with Crippen molar-refractivity contribution < 1.29 is 18.0 Å². The van der Waals surface area contributed by atoms with Gasteiger partial charge in [0.1, 0.15) is 12.3 Å². The maximum Gasteiger partial charge on any atom is 0.406 e. The lowest BCUT2D eigenvalue weighted by atomic mass is 9.87. The van der Waals surface area contributed by atoms with Gasteiger partial charge in [0.2, 0.25) is 0 Å². The fraction of sp³-hybridized carbons (Fsp3) is 0.474. The van der Waals surface area contributed by atoms with Crippen molar-refractivity contribution in [2.75, 3.05) is 5.75 Å². The van der Waals surface area contributed by atoms with Crippen molar-refractivity contribution in [2.45, 2.75) is 50.0 Å². The van der Waals surface area contributed by atoms with Gasteiger partial charge in [0.05, 0.1) is 17.6 Å². The van der Waals surface area contributed by atoms with E-state index in [4.69, 9.17) is 0 Å². The van der Waals surface area contributed by atoms with Crippen LogP contribution >= 0.6 is 11.8 Å². The molecule has 7 heteroatoms. The quantitative estimate of drug-likeness (QED) is 0.632. The van der Waals surface area contributed by atoms with Crippen LogP contribution in [0.15, 0.2) is 41.7 Å². The minimum Gasteiger partial charge on any atom is -0.310 e. The summed E-state index contributed by atoms with van der Waals surface area (Å²) in [6.07, 6.45) is 2.16. The average Bonchev–Trinajstić information content (AvgIpc) is 3.02. The van der Waals surface area contributed by atoms with Gasteiger partial charge in [-0.05, 0) is 18.4 Å². The lowest BCUT2D eigenvalue weighted by molar-refractivity contribution is -0.141. The van der Waals surface area contributed by atoms with Crippen molar-refractivity contribution in [1.82, 2.24) is 9.55 Å². The molecule has 0 bridgehead atoms. The van der Waals surface area contributed by atoms with Crippen molar-refractivity contribution in [3.8, 4) is 11.3 Å². The normalized spacial score (nSPS) is 16.0. The minimum atomic E-state index is -4.35. The van der Waals surface area contributed by atoms with Crippen molar-refractivity contribution in [3.63, 3.8) is 0 Å². The van der Waals surface area contributed by atoms with E-state index in [9.17, 15) is 18.0 Å². The molecule has 3 nitrogen and oxygen atoms in total. The van der Waals surface area contributed by atoms with Crippen molar-refractivity contribution in [2.24, 2.45) is 5.92 Å². The largest absolute Gasteiger partial charge is 0.406 e. The Hall–Kier alpha value is -1.76. The maximum absolute atomic E-state index is 13.1. The Morgan fingerprint density at radius 2 is 1.85 bits per heavy atom. The topological polar surface area (TPSA) is 34.9 Å². The number of carbonyl (C=O) groups is 1. The van der Waals surface area contributed by atoms with Crippen LogP contribution in [0, 0.1) is 5.92 Å². The molecule has 26 heavy (non-hydrogen) atoms. The van der Waals surface area contributed by atoms with Gasteiger partial charge in [-0.1, -0.05) is 61.4 Å². The molecule has 1 heterocycles. The van der Waals surface area contributed by atoms with Crippen LogP contribution in [-0.4, -0.2) is 27.3 Å². The lowest BCUT2D eigenvalue weighted by Gasteiger charge is -2.20. The highest BCUT2D eigenvalue weighted by Crippen LogP contribution is 2.31. The van der Waals surface area contributed by atoms with E-state index in [-0.39, 0.29) is 22.6 Å². The average molecular weight is 382 g/mol. The van der Waals surface area contributed by atoms with Crippen molar-refractivity contribution in [1.29, 1.82) is 0 Å². The second kappa shape index (κ2) is 8.29. The zero-order valence-electron chi connectivity index (χ0n) is 14.3. The van der Waals surface area contributed by atoms with E-state index in [0.717, 1.165) is 48.4 Å². The maximum atomic E-state index is 13.1. The molecule has 140 valence electrons. The Morgan fingerprint density at radius 1 is 1.15 bits per heavy atom. The number of thioether (sulfide) groups is 1. The van der Waals surface area contributed by atoms with E-state index in [1.165, 1.54) is 6.20 Å². The first kappa shape index (κ1) is 19.0. The first-order valence-corrected chi connectivity index (χ1v) is 9.76. The van der Waals surface area contributed by atoms with Gasteiger partial charge in [-0.15, -0.1) is 0 Å². The second-order valence-corrected chi connectivity index (χ2v) is 7.53. The summed E-state index contributed by atoms with van der Waals surface area (Å²) in [7, 11) is 0. The van der Waals surface area contributed by atoms with Gasteiger partial charge in [-0.3, -0.25) is 4.79 Å². The van der Waals surface area contributed by atoms with E-state index in [2.05, 4.69) is 4.98 Å². The molecule has 1 aliphatic rings. The predicted octanol–water partition coefficient (Wildman–Crippen LogP) is 5.35. The summed E-state index contributed by atoms with van der Waals surface area (Å²) in [4.78, 5) is 16.5. The number of ketones is 1. The molecule has 3 rings (SSSR count). The van der Waals surface area contributed by atoms with Crippen LogP contribution in [0.3, 0.4) is 0 Å². The van der Waals surface area contributed by atoms with Crippen LogP contribution in [-0.2, 0) is 11.3 Å². The number of alkyl halides is 3. The number of benzene rings is 1. The summed E-state index contributed by atoms with van der Waals surface area (Å²) < 4.78 is 40.3. The Bertz CT molecular complexity index is 737. The molecule has 0 radical (unpaired) electrons. The number of rotatable bonds is 6. The van der Waals surface area contributed by atoms with Gasteiger partial charge in [-0.2, -0.15) is 13.2 Å². The summed E-state index contributed by atoms with van der Waals surface area (Å²) >= 11 is 1.11. The number of hydrogen-bond acceptors (Lipinski definition) is 3. The highest BCUT2D eigenvalue weighted by atomic mass is 32.2. The molecule has 1 aromatic heterocycles. The molecule has 0 N–H and O–H groups in total. The summed E-state index contributed by atoms with van der Waals surface area (Å²) in [6.45, 7) is -1.11. The second-order valence-electron chi connectivity index (χ2n) is 6.58. The van der Waals surface area contributed by atoms with E-state index in [0.29, 0.717) is 11.3 Å². The van der Waals surface area contributed by atoms with E-state index >= 15 is 0 Å². The van der Waals surface area contributed by atoms with Crippen LogP contribution in [0.4, 0.5) is 13.2 Å². The third-order valence-electron chi connectivity index (χ3n) is 4.63. The van der Waals surface area contributed by atoms with Crippen LogP contribution in [0.5, 0.6) is 0 Å². The molecule has 0 unspecified atom stereocenters. The Morgan fingerprint density at radius 3 is 2.50 bits per heavy atom. The zero-order chi connectivity index (χ0) is 18.6. The molecule has 0 atom stereocenters. The molecule has 2 aromatic rings. The lowest BCUT2D eigenvalue weighted by Crippen LogP contribution is -2.21. The fourth-order valence-corrected chi connectivity index (χ4v) is 4.28. The fourth-order valence-electron chi connectivity index (χ4n) is 3.32. The number of imidazole rings is 1. The van der Waals surface area contributed by atoms with Crippen molar-refractivity contribution >= 4 is 17.5 Å². The Kier molecular flexibility index (Phi) is 6.06. The van der Waals surface area contributed by atoms with Gasteiger partial charge in [0.15, 0.2) is 5.16 Å². The van der Waals surface area contributed by atoms with Crippen LogP contribution in [0.2, 0.25) is 0 Å². The number of Topliss-reactive ketones (excluding diaryl/α,β-unsaturated/α-hetero) is 1. The van der Waals surface area contributed by atoms with Gasteiger partial charge in [-0.25, -0.2) is 4.98 Å². The highest BCUT2D eigenvalue weighted by Gasteiger charge is 2.31. The zero-order valence-corrected chi connectivity index (χ0v) is 15.2. The molecule has 0 amide bonds. The summed E-state index contributed by atoms with van der Waals surface area (Å²) in [5.74, 6) is 0.349. The first-order valence-electron chi connectivity index (χ1n) is 8.77. The molecular weight excluding hydrogens is 361 g/mol. The highest BCUT2D eigenvalue weighted by molar-refractivity contribution is 7.99.